The van der Waals surface area contributed by atoms with Crippen molar-refractivity contribution in [3.05, 3.63) is 35.9 Å². The first-order valence-electron chi connectivity index (χ1n) is 8.70. The molecule has 126 valence electrons. The molecular formula is C19H29N3O. The van der Waals surface area contributed by atoms with Gasteiger partial charge in [0.15, 0.2) is 0 Å². The number of likely N-dealkylation sites (tertiary alicyclic amines) is 1. The van der Waals surface area contributed by atoms with Crippen LogP contribution < -0.4 is 4.74 Å². The zero-order valence-corrected chi connectivity index (χ0v) is 14.4. The number of rotatable bonds is 5. The number of ether oxygens (including phenoxy) is 1. The third kappa shape index (κ3) is 4.56. The van der Waals surface area contributed by atoms with Gasteiger partial charge in [0.25, 0.3) is 0 Å². The maximum atomic E-state index is 5.19. The molecule has 2 aliphatic heterocycles. The molecule has 2 fully saturated rings. The minimum atomic E-state index is 0.762. The quantitative estimate of drug-likeness (QED) is 0.827. The van der Waals surface area contributed by atoms with E-state index in [-0.39, 0.29) is 0 Å². The summed E-state index contributed by atoms with van der Waals surface area (Å²) < 4.78 is 5.19. The Hall–Kier alpha value is -1.36. The Morgan fingerprint density at radius 3 is 2.52 bits per heavy atom. The molecule has 0 saturated carbocycles. The van der Waals surface area contributed by atoms with Crippen LogP contribution in [0.15, 0.2) is 30.3 Å². The van der Waals surface area contributed by atoms with E-state index >= 15 is 0 Å². The van der Waals surface area contributed by atoms with Gasteiger partial charge in [-0.05, 0) is 31.2 Å². The fraction of sp³-hybridized carbons (Fsp3) is 0.579. The molecular weight excluding hydrogens is 286 g/mol. The van der Waals surface area contributed by atoms with Crippen molar-refractivity contribution in [2.24, 2.45) is 0 Å². The summed E-state index contributed by atoms with van der Waals surface area (Å²) >= 11 is 0. The minimum Gasteiger partial charge on any atom is -0.497 e. The average molecular weight is 315 g/mol. The van der Waals surface area contributed by atoms with E-state index in [1.807, 2.05) is 12.1 Å². The molecule has 1 aromatic rings. The van der Waals surface area contributed by atoms with E-state index in [1.165, 1.54) is 51.3 Å². The molecule has 1 unspecified atom stereocenters. The highest BCUT2D eigenvalue weighted by molar-refractivity contribution is 5.50. The number of piperazine rings is 1. The molecule has 1 aromatic carbocycles. The molecule has 0 spiro atoms. The van der Waals surface area contributed by atoms with Crippen molar-refractivity contribution >= 4 is 6.08 Å². The van der Waals surface area contributed by atoms with E-state index < -0.39 is 0 Å². The zero-order chi connectivity index (χ0) is 16.1. The van der Waals surface area contributed by atoms with Crippen molar-refractivity contribution in [2.45, 2.75) is 12.5 Å². The van der Waals surface area contributed by atoms with Crippen LogP contribution in [0.3, 0.4) is 0 Å². The Morgan fingerprint density at radius 2 is 1.83 bits per heavy atom. The molecule has 0 bridgehead atoms. The van der Waals surface area contributed by atoms with Crippen LogP contribution in [0.4, 0.5) is 0 Å². The summed E-state index contributed by atoms with van der Waals surface area (Å²) in [6, 6.07) is 8.99. The Balaban J connectivity index is 1.43. The number of hydrogen-bond acceptors (Lipinski definition) is 4. The van der Waals surface area contributed by atoms with Crippen LogP contribution in [0.5, 0.6) is 5.75 Å². The van der Waals surface area contributed by atoms with Crippen molar-refractivity contribution in [1.82, 2.24) is 14.7 Å². The second kappa shape index (κ2) is 7.95. The van der Waals surface area contributed by atoms with Gasteiger partial charge in [0.1, 0.15) is 5.75 Å². The summed E-state index contributed by atoms with van der Waals surface area (Å²) in [6.07, 6.45) is 5.82. The van der Waals surface area contributed by atoms with E-state index in [1.54, 1.807) is 7.11 Å². The summed E-state index contributed by atoms with van der Waals surface area (Å²) in [5, 5.41) is 0. The predicted octanol–water partition coefficient (Wildman–Crippen LogP) is 2.03. The smallest absolute Gasteiger partial charge is 0.118 e. The largest absolute Gasteiger partial charge is 0.497 e. The molecule has 0 aromatic heterocycles. The number of methoxy groups -OCH3 is 1. The van der Waals surface area contributed by atoms with Gasteiger partial charge in [0, 0.05) is 51.9 Å². The summed E-state index contributed by atoms with van der Waals surface area (Å²) in [7, 11) is 3.93. The molecule has 23 heavy (non-hydrogen) atoms. The fourth-order valence-corrected chi connectivity index (χ4v) is 3.52. The molecule has 0 aliphatic carbocycles. The van der Waals surface area contributed by atoms with Gasteiger partial charge in [-0.1, -0.05) is 24.3 Å². The maximum Gasteiger partial charge on any atom is 0.118 e. The molecule has 2 heterocycles. The maximum absolute atomic E-state index is 5.19. The third-order valence-corrected chi connectivity index (χ3v) is 5.09. The summed E-state index contributed by atoms with van der Waals surface area (Å²) in [4.78, 5) is 7.69. The minimum absolute atomic E-state index is 0.762. The van der Waals surface area contributed by atoms with Gasteiger partial charge >= 0.3 is 0 Å². The highest BCUT2D eigenvalue weighted by Crippen LogP contribution is 2.17. The monoisotopic (exact) mass is 315 g/mol. The average Bonchev–Trinajstić information content (AvgIpc) is 3.05. The number of benzene rings is 1. The third-order valence-electron chi connectivity index (χ3n) is 5.09. The van der Waals surface area contributed by atoms with Crippen molar-refractivity contribution in [1.29, 1.82) is 0 Å². The van der Waals surface area contributed by atoms with Gasteiger partial charge in [0.2, 0.25) is 0 Å². The van der Waals surface area contributed by atoms with Crippen LogP contribution in [0.2, 0.25) is 0 Å². The van der Waals surface area contributed by atoms with Crippen LogP contribution in [0.1, 0.15) is 12.0 Å². The van der Waals surface area contributed by atoms with Crippen molar-refractivity contribution < 1.29 is 4.74 Å². The Bertz CT molecular complexity index is 506. The predicted molar refractivity (Wildman–Crippen MR) is 95.9 cm³/mol. The topological polar surface area (TPSA) is 19.0 Å². The molecule has 0 N–H and O–H groups in total. The second-order valence-corrected chi connectivity index (χ2v) is 6.72. The van der Waals surface area contributed by atoms with Gasteiger partial charge in [-0.25, -0.2) is 0 Å². The van der Waals surface area contributed by atoms with E-state index in [0.717, 1.165) is 18.3 Å². The summed E-state index contributed by atoms with van der Waals surface area (Å²) in [6.45, 7) is 8.39. The molecule has 2 aliphatic rings. The second-order valence-electron chi connectivity index (χ2n) is 6.72. The number of likely N-dealkylation sites (N-methyl/N-ethyl adjacent to an activating group) is 1. The molecule has 4 heteroatoms. The Labute approximate surface area is 140 Å². The van der Waals surface area contributed by atoms with Crippen LogP contribution in [-0.4, -0.2) is 80.7 Å². The lowest BCUT2D eigenvalue weighted by Crippen LogP contribution is -2.49. The van der Waals surface area contributed by atoms with Crippen LogP contribution in [-0.2, 0) is 0 Å². The molecule has 2 saturated heterocycles. The van der Waals surface area contributed by atoms with Gasteiger partial charge < -0.3 is 9.64 Å². The van der Waals surface area contributed by atoms with E-state index in [2.05, 4.69) is 46.0 Å². The van der Waals surface area contributed by atoms with Gasteiger partial charge in [-0.2, -0.15) is 0 Å². The first-order chi connectivity index (χ1) is 11.2. The fourth-order valence-electron chi connectivity index (χ4n) is 3.52. The summed E-state index contributed by atoms with van der Waals surface area (Å²) in [5.74, 6) is 0.914. The van der Waals surface area contributed by atoms with Crippen molar-refractivity contribution in [3.8, 4) is 5.75 Å². The lowest BCUT2D eigenvalue weighted by molar-refractivity contribution is 0.114. The number of hydrogen-bond donors (Lipinski definition) is 0. The Kier molecular flexibility index (Phi) is 5.70. The lowest BCUT2D eigenvalue weighted by atomic mass is 10.2. The first-order valence-corrected chi connectivity index (χ1v) is 8.70. The van der Waals surface area contributed by atoms with E-state index in [0.29, 0.717) is 0 Å². The Morgan fingerprint density at radius 1 is 1.09 bits per heavy atom. The van der Waals surface area contributed by atoms with Crippen molar-refractivity contribution in [2.75, 3.05) is 60.0 Å². The standard InChI is InChI=1S/C19H29N3O/c1-20-12-14-22(15-13-20)18-9-11-21(16-18)10-3-4-17-5-7-19(23-2)8-6-17/h3-8,18H,9-16H2,1-2H3/b4-3+. The van der Waals surface area contributed by atoms with Crippen LogP contribution in [0.25, 0.3) is 6.08 Å². The highest BCUT2D eigenvalue weighted by atomic mass is 16.5. The summed E-state index contributed by atoms with van der Waals surface area (Å²) in [5.41, 5.74) is 1.24. The van der Waals surface area contributed by atoms with Gasteiger partial charge in [-0.15, -0.1) is 0 Å². The molecule has 4 nitrogen and oxygen atoms in total. The van der Waals surface area contributed by atoms with E-state index in [4.69, 9.17) is 4.74 Å². The van der Waals surface area contributed by atoms with Gasteiger partial charge in [-0.3, -0.25) is 9.80 Å². The van der Waals surface area contributed by atoms with Gasteiger partial charge in [0.05, 0.1) is 7.11 Å². The highest BCUT2D eigenvalue weighted by Gasteiger charge is 2.28. The number of nitrogens with zero attached hydrogens (tertiary/aromatic N) is 3. The molecule has 3 rings (SSSR count). The SMILES string of the molecule is COc1ccc(/C=C/CN2CCC(N3CCN(C)CC3)C2)cc1. The molecule has 0 radical (unpaired) electrons. The first kappa shape index (κ1) is 16.5. The van der Waals surface area contributed by atoms with E-state index in [9.17, 15) is 0 Å². The molecule has 1 atom stereocenters. The zero-order valence-electron chi connectivity index (χ0n) is 14.4. The lowest BCUT2D eigenvalue weighted by Gasteiger charge is -2.36. The van der Waals surface area contributed by atoms with Crippen molar-refractivity contribution in [3.63, 3.8) is 0 Å². The molecule has 0 amide bonds. The van der Waals surface area contributed by atoms with Crippen LogP contribution >= 0.6 is 0 Å². The van der Waals surface area contributed by atoms with Crippen LogP contribution in [0, 0.1) is 0 Å². The normalized spacial score (nSPS) is 24.5.